The monoisotopic (exact) mass is 418 g/mol. The molecule has 0 amide bonds. The van der Waals surface area contributed by atoms with Gasteiger partial charge in [0.05, 0.1) is 0 Å². The predicted molar refractivity (Wildman–Crippen MR) is 107 cm³/mol. The Labute approximate surface area is 152 Å². The number of hydrogen-bond acceptors (Lipinski definition) is 2. The van der Waals surface area contributed by atoms with Gasteiger partial charge in [0.15, 0.2) is 5.96 Å². The second-order valence-electron chi connectivity index (χ2n) is 5.64. The Morgan fingerprint density at radius 1 is 1.23 bits per heavy atom. The van der Waals surface area contributed by atoms with Gasteiger partial charge in [-0.1, -0.05) is 30.3 Å². The third-order valence-corrected chi connectivity index (χ3v) is 3.03. The van der Waals surface area contributed by atoms with Gasteiger partial charge in [0, 0.05) is 25.7 Å². The van der Waals surface area contributed by atoms with Gasteiger partial charge in [-0.2, -0.15) is 0 Å². The van der Waals surface area contributed by atoms with E-state index < -0.39 is 0 Å². The molecule has 0 aliphatic rings. The van der Waals surface area contributed by atoms with Crippen molar-refractivity contribution in [1.29, 1.82) is 0 Å². The van der Waals surface area contributed by atoms with Gasteiger partial charge < -0.3 is 15.5 Å². The fraction of sp³-hybridized carbons (Fsp3) is 0.588. The van der Waals surface area contributed by atoms with Crippen LogP contribution in [-0.4, -0.2) is 43.6 Å². The first kappa shape index (κ1) is 21.2. The van der Waals surface area contributed by atoms with Gasteiger partial charge >= 0.3 is 0 Å². The second-order valence-corrected chi connectivity index (χ2v) is 5.64. The zero-order valence-electron chi connectivity index (χ0n) is 14.3. The van der Waals surface area contributed by atoms with E-state index in [-0.39, 0.29) is 24.0 Å². The summed E-state index contributed by atoms with van der Waals surface area (Å²) in [4.78, 5) is 6.94. The van der Waals surface area contributed by atoms with E-state index in [2.05, 4.69) is 78.7 Å². The highest BCUT2D eigenvalue weighted by Crippen LogP contribution is 2.02. The largest absolute Gasteiger partial charge is 0.357 e. The number of guanidine groups is 1. The van der Waals surface area contributed by atoms with Crippen LogP contribution in [0.25, 0.3) is 0 Å². The normalized spacial score (nSPS) is 11.5. The van der Waals surface area contributed by atoms with Crippen molar-refractivity contribution in [1.82, 2.24) is 15.5 Å². The molecule has 0 aromatic heterocycles. The van der Waals surface area contributed by atoms with Crippen LogP contribution in [0.1, 0.15) is 32.8 Å². The summed E-state index contributed by atoms with van der Waals surface area (Å²) in [5.74, 6) is 0.915. The van der Waals surface area contributed by atoms with E-state index in [0.717, 1.165) is 38.6 Å². The first-order valence-corrected chi connectivity index (χ1v) is 7.89. The first-order valence-electron chi connectivity index (χ1n) is 7.89. The molecule has 0 bridgehead atoms. The third kappa shape index (κ3) is 10.00. The molecular formula is C17H31IN4. The van der Waals surface area contributed by atoms with Crippen LogP contribution < -0.4 is 10.6 Å². The Balaban J connectivity index is 0.00000441. The lowest BCUT2D eigenvalue weighted by atomic mass is 10.2. The van der Waals surface area contributed by atoms with Crippen molar-refractivity contribution >= 4 is 29.9 Å². The molecule has 0 spiro atoms. The molecule has 22 heavy (non-hydrogen) atoms. The highest BCUT2D eigenvalue weighted by molar-refractivity contribution is 14.0. The minimum atomic E-state index is 0. The summed E-state index contributed by atoms with van der Waals surface area (Å²) in [6, 6.07) is 11.0. The summed E-state index contributed by atoms with van der Waals surface area (Å²) in [6.07, 6.45) is 1.07. The topological polar surface area (TPSA) is 39.7 Å². The lowest BCUT2D eigenvalue weighted by Gasteiger charge is -2.17. The minimum absolute atomic E-state index is 0. The van der Waals surface area contributed by atoms with Crippen molar-refractivity contribution in [3.05, 3.63) is 35.9 Å². The highest BCUT2D eigenvalue weighted by atomic mass is 127. The molecular weight excluding hydrogens is 387 g/mol. The van der Waals surface area contributed by atoms with Crippen molar-refractivity contribution in [2.45, 2.75) is 39.8 Å². The van der Waals surface area contributed by atoms with E-state index in [1.807, 2.05) is 0 Å². The Kier molecular flexibility index (Phi) is 12.2. The molecule has 0 fully saturated rings. The van der Waals surface area contributed by atoms with E-state index in [0.29, 0.717) is 6.04 Å². The molecule has 126 valence electrons. The van der Waals surface area contributed by atoms with Crippen LogP contribution in [0.3, 0.4) is 0 Å². The highest BCUT2D eigenvalue weighted by Gasteiger charge is 2.01. The average molecular weight is 418 g/mol. The van der Waals surface area contributed by atoms with Crippen molar-refractivity contribution in [2.24, 2.45) is 4.99 Å². The maximum atomic E-state index is 4.60. The van der Waals surface area contributed by atoms with Gasteiger partial charge in [0.2, 0.25) is 0 Å². The van der Waals surface area contributed by atoms with E-state index in [9.17, 15) is 0 Å². The fourth-order valence-corrected chi connectivity index (χ4v) is 2.10. The van der Waals surface area contributed by atoms with E-state index in [1.54, 1.807) is 0 Å². The Hall–Kier alpha value is -0.820. The van der Waals surface area contributed by atoms with Crippen LogP contribution in [0.5, 0.6) is 0 Å². The number of benzene rings is 1. The predicted octanol–water partition coefficient (Wildman–Crippen LogP) is 3.09. The molecule has 1 rings (SSSR count). The van der Waals surface area contributed by atoms with Crippen LogP contribution >= 0.6 is 24.0 Å². The maximum Gasteiger partial charge on any atom is 0.191 e. The number of hydrogen-bond donors (Lipinski definition) is 2. The minimum Gasteiger partial charge on any atom is -0.357 e. The van der Waals surface area contributed by atoms with Gasteiger partial charge in [-0.3, -0.25) is 4.99 Å². The van der Waals surface area contributed by atoms with Gasteiger partial charge in [-0.05, 0) is 46.3 Å². The average Bonchev–Trinajstić information content (AvgIpc) is 2.44. The van der Waals surface area contributed by atoms with Gasteiger partial charge in [-0.25, -0.2) is 0 Å². The molecule has 0 heterocycles. The fourth-order valence-electron chi connectivity index (χ4n) is 2.10. The Morgan fingerprint density at radius 2 is 1.91 bits per heavy atom. The number of rotatable bonds is 8. The van der Waals surface area contributed by atoms with Gasteiger partial charge in [-0.15, -0.1) is 24.0 Å². The summed E-state index contributed by atoms with van der Waals surface area (Å²) in [6.45, 7) is 10.1. The molecule has 0 saturated heterocycles. The van der Waals surface area contributed by atoms with Crippen LogP contribution in [0, 0.1) is 0 Å². The van der Waals surface area contributed by atoms with Crippen LogP contribution in [0.4, 0.5) is 0 Å². The maximum absolute atomic E-state index is 4.60. The molecule has 5 heteroatoms. The molecule has 0 radical (unpaired) electrons. The number of aliphatic imine (C=N–C) groups is 1. The lowest BCUT2D eigenvalue weighted by molar-refractivity contribution is 0.324. The molecule has 0 aliphatic heterocycles. The summed E-state index contributed by atoms with van der Waals surface area (Å²) >= 11 is 0. The summed E-state index contributed by atoms with van der Waals surface area (Å²) in [5, 5.41) is 6.60. The van der Waals surface area contributed by atoms with Crippen molar-refractivity contribution < 1.29 is 0 Å². The zero-order chi connectivity index (χ0) is 15.5. The van der Waals surface area contributed by atoms with Crippen molar-refractivity contribution in [3.8, 4) is 0 Å². The Bertz CT molecular complexity index is 406. The summed E-state index contributed by atoms with van der Waals surface area (Å²) in [5.41, 5.74) is 1.36. The summed E-state index contributed by atoms with van der Waals surface area (Å²) < 4.78 is 0. The smallest absolute Gasteiger partial charge is 0.191 e. The van der Waals surface area contributed by atoms with Crippen LogP contribution in [0.15, 0.2) is 35.3 Å². The number of nitrogens with zero attached hydrogens (tertiary/aromatic N) is 2. The van der Waals surface area contributed by atoms with E-state index >= 15 is 0 Å². The molecule has 0 atom stereocenters. The summed E-state index contributed by atoms with van der Waals surface area (Å²) in [7, 11) is 2.16. The SMILES string of the molecule is CCNC(=NCCCN(C)Cc1ccccc1)NC(C)C.I. The quantitative estimate of drug-likeness (QED) is 0.295. The van der Waals surface area contributed by atoms with Crippen molar-refractivity contribution in [2.75, 3.05) is 26.7 Å². The molecule has 1 aromatic carbocycles. The van der Waals surface area contributed by atoms with E-state index in [1.165, 1.54) is 5.56 Å². The van der Waals surface area contributed by atoms with Gasteiger partial charge in [0.1, 0.15) is 0 Å². The van der Waals surface area contributed by atoms with Crippen LogP contribution in [0.2, 0.25) is 0 Å². The standard InChI is InChI=1S/C17H30N4.HI/c1-5-18-17(20-15(2)3)19-12-9-13-21(4)14-16-10-7-6-8-11-16;/h6-8,10-11,15H,5,9,12-14H2,1-4H3,(H2,18,19,20);1H. The molecule has 4 nitrogen and oxygen atoms in total. The molecule has 0 unspecified atom stereocenters. The Morgan fingerprint density at radius 3 is 2.50 bits per heavy atom. The van der Waals surface area contributed by atoms with Gasteiger partial charge in [0.25, 0.3) is 0 Å². The first-order chi connectivity index (χ1) is 10.1. The van der Waals surface area contributed by atoms with Crippen molar-refractivity contribution in [3.63, 3.8) is 0 Å². The zero-order valence-corrected chi connectivity index (χ0v) is 16.6. The third-order valence-electron chi connectivity index (χ3n) is 3.03. The molecule has 2 N–H and O–H groups in total. The second kappa shape index (κ2) is 12.7. The number of nitrogens with one attached hydrogen (secondary N) is 2. The number of halogens is 1. The molecule has 1 aromatic rings. The van der Waals surface area contributed by atoms with Crippen LogP contribution in [-0.2, 0) is 6.54 Å². The molecule has 0 aliphatic carbocycles. The lowest BCUT2D eigenvalue weighted by Crippen LogP contribution is -2.41. The molecule has 0 saturated carbocycles. The van der Waals surface area contributed by atoms with E-state index in [4.69, 9.17) is 0 Å².